The molecule has 1 aliphatic heterocycles. The quantitative estimate of drug-likeness (QED) is 0.679. The topological polar surface area (TPSA) is 92.6 Å². The molecule has 22 heavy (non-hydrogen) atoms. The van der Waals surface area contributed by atoms with Crippen molar-refractivity contribution in [2.24, 2.45) is 5.92 Å². The van der Waals surface area contributed by atoms with Crippen molar-refractivity contribution in [3.05, 3.63) is 33.3 Å². The summed E-state index contributed by atoms with van der Waals surface area (Å²) in [5.41, 5.74) is 0.0160. The van der Waals surface area contributed by atoms with E-state index in [1.807, 2.05) is 13.8 Å². The molecule has 2 rings (SSSR count). The van der Waals surface area contributed by atoms with E-state index in [2.05, 4.69) is 5.32 Å². The van der Waals surface area contributed by atoms with Crippen molar-refractivity contribution in [1.82, 2.24) is 4.90 Å². The van der Waals surface area contributed by atoms with Gasteiger partial charge in [-0.3, -0.25) is 19.7 Å². The average Bonchev–Trinajstić information content (AvgIpc) is 2.83. The van der Waals surface area contributed by atoms with Gasteiger partial charge in [-0.25, -0.2) is 0 Å². The molecule has 1 aromatic carbocycles. The maximum absolute atomic E-state index is 12.2. The van der Waals surface area contributed by atoms with E-state index in [9.17, 15) is 19.7 Å². The summed E-state index contributed by atoms with van der Waals surface area (Å²) in [6.07, 6.45) is 0.152. The van der Waals surface area contributed by atoms with Crippen LogP contribution in [0, 0.1) is 16.0 Å². The van der Waals surface area contributed by atoms with Crippen molar-refractivity contribution in [3.8, 4) is 0 Å². The third-order valence-corrected chi connectivity index (χ3v) is 3.88. The normalized spacial score (nSPS) is 17.9. The number of rotatable bonds is 4. The van der Waals surface area contributed by atoms with Gasteiger partial charge in [-0.05, 0) is 26.0 Å². The van der Waals surface area contributed by atoms with Crippen molar-refractivity contribution in [3.63, 3.8) is 0 Å². The molecule has 0 bridgehead atoms. The summed E-state index contributed by atoms with van der Waals surface area (Å²) in [5, 5.41) is 13.4. The molecule has 0 radical (unpaired) electrons. The first-order valence-electron chi connectivity index (χ1n) is 6.84. The Morgan fingerprint density at radius 1 is 1.50 bits per heavy atom. The predicted molar refractivity (Wildman–Crippen MR) is 81.7 cm³/mol. The first-order chi connectivity index (χ1) is 10.3. The SMILES string of the molecule is CC(C)N1CC(C(=O)Nc2ccc(Cl)c([N+](=O)[O-])c2)CC1=O. The summed E-state index contributed by atoms with van der Waals surface area (Å²) in [7, 11) is 0. The molecule has 0 aromatic heterocycles. The van der Waals surface area contributed by atoms with Crippen LogP contribution in [0.3, 0.4) is 0 Å². The van der Waals surface area contributed by atoms with Gasteiger partial charge in [0.1, 0.15) is 5.02 Å². The second-order valence-corrected chi connectivity index (χ2v) is 5.86. The lowest BCUT2D eigenvalue weighted by molar-refractivity contribution is -0.384. The third-order valence-electron chi connectivity index (χ3n) is 3.56. The molecule has 7 nitrogen and oxygen atoms in total. The Morgan fingerprint density at radius 3 is 2.73 bits per heavy atom. The van der Waals surface area contributed by atoms with E-state index < -0.39 is 10.8 Å². The fraction of sp³-hybridized carbons (Fsp3) is 0.429. The zero-order valence-electron chi connectivity index (χ0n) is 12.2. The van der Waals surface area contributed by atoms with Crippen LogP contribution in [-0.4, -0.2) is 34.2 Å². The van der Waals surface area contributed by atoms with Crippen molar-refractivity contribution >= 4 is 34.8 Å². The standard InChI is InChI=1S/C14H16ClN3O4/c1-8(2)17-7-9(5-13(17)19)14(20)16-10-3-4-11(15)12(6-10)18(21)22/h3-4,6,8-9H,5,7H2,1-2H3,(H,16,20). The van der Waals surface area contributed by atoms with Crippen LogP contribution >= 0.6 is 11.6 Å². The van der Waals surface area contributed by atoms with Gasteiger partial charge in [0.15, 0.2) is 0 Å². The number of likely N-dealkylation sites (tertiary alicyclic amines) is 1. The minimum Gasteiger partial charge on any atom is -0.339 e. The van der Waals surface area contributed by atoms with E-state index in [0.717, 1.165) is 0 Å². The van der Waals surface area contributed by atoms with E-state index in [-0.39, 0.29) is 40.7 Å². The molecule has 0 saturated carbocycles. The summed E-state index contributed by atoms with van der Waals surface area (Å²) < 4.78 is 0. The van der Waals surface area contributed by atoms with Crippen LogP contribution in [0.15, 0.2) is 18.2 Å². The van der Waals surface area contributed by atoms with Gasteiger partial charge < -0.3 is 10.2 Å². The van der Waals surface area contributed by atoms with Crippen LogP contribution in [0.5, 0.6) is 0 Å². The monoisotopic (exact) mass is 325 g/mol. The van der Waals surface area contributed by atoms with E-state index in [4.69, 9.17) is 11.6 Å². The highest BCUT2D eigenvalue weighted by Crippen LogP contribution is 2.28. The maximum atomic E-state index is 12.2. The number of hydrogen-bond donors (Lipinski definition) is 1. The summed E-state index contributed by atoms with van der Waals surface area (Å²) >= 11 is 5.72. The molecule has 8 heteroatoms. The van der Waals surface area contributed by atoms with Gasteiger partial charge in [0, 0.05) is 30.8 Å². The molecule has 1 fully saturated rings. The van der Waals surface area contributed by atoms with Gasteiger partial charge in [0.2, 0.25) is 11.8 Å². The van der Waals surface area contributed by atoms with Gasteiger partial charge in [0.05, 0.1) is 10.8 Å². The van der Waals surface area contributed by atoms with Gasteiger partial charge in [-0.15, -0.1) is 0 Å². The van der Waals surface area contributed by atoms with Gasteiger partial charge >= 0.3 is 0 Å². The number of nitrogens with zero attached hydrogens (tertiary/aromatic N) is 2. The lowest BCUT2D eigenvalue weighted by Crippen LogP contribution is -2.33. The number of nitrogens with one attached hydrogen (secondary N) is 1. The minimum atomic E-state index is -0.614. The summed E-state index contributed by atoms with van der Waals surface area (Å²) in [4.78, 5) is 35.9. The van der Waals surface area contributed by atoms with Gasteiger partial charge in [-0.1, -0.05) is 11.6 Å². The van der Waals surface area contributed by atoms with Crippen molar-refractivity contribution in [2.45, 2.75) is 26.3 Å². The molecule has 0 spiro atoms. The van der Waals surface area contributed by atoms with Crippen molar-refractivity contribution in [2.75, 3.05) is 11.9 Å². The number of hydrogen-bond acceptors (Lipinski definition) is 4. The fourth-order valence-electron chi connectivity index (χ4n) is 2.38. The average molecular weight is 326 g/mol. The van der Waals surface area contributed by atoms with Crippen LogP contribution < -0.4 is 5.32 Å². The predicted octanol–water partition coefficient (Wildman–Crippen LogP) is 2.44. The lowest BCUT2D eigenvalue weighted by atomic mass is 10.1. The number of halogens is 1. The fourth-order valence-corrected chi connectivity index (χ4v) is 2.57. The van der Waals surface area contributed by atoms with E-state index >= 15 is 0 Å². The van der Waals surface area contributed by atoms with Crippen LogP contribution in [0.4, 0.5) is 11.4 Å². The first kappa shape index (κ1) is 16.2. The second kappa shape index (κ2) is 6.31. The zero-order chi connectivity index (χ0) is 16.4. The van der Waals surface area contributed by atoms with Crippen molar-refractivity contribution in [1.29, 1.82) is 0 Å². The summed E-state index contributed by atoms with van der Waals surface area (Å²) in [5.74, 6) is -0.838. The van der Waals surface area contributed by atoms with E-state index in [0.29, 0.717) is 6.54 Å². The molecule has 1 atom stereocenters. The highest BCUT2D eigenvalue weighted by atomic mass is 35.5. The smallest absolute Gasteiger partial charge is 0.289 e. The maximum Gasteiger partial charge on any atom is 0.289 e. The number of benzene rings is 1. The molecule has 1 heterocycles. The Balaban J connectivity index is 2.09. The largest absolute Gasteiger partial charge is 0.339 e. The Kier molecular flexibility index (Phi) is 4.65. The molecule has 1 aliphatic rings. The Bertz CT molecular complexity index is 633. The summed E-state index contributed by atoms with van der Waals surface area (Å²) in [6.45, 7) is 4.14. The van der Waals surface area contributed by atoms with Crippen LogP contribution in [-0.2, 0) is 9.59 Å². The molecule has 0 aliphatic carbocycles. The van der Waals surface area contributed by atoms with Crippen LogP contribution in [0.25, 0.3) is 0 Å². The molecular formula is C14H16ClN3O4. The molecule has 1 unspecified atom stereocenters. The summed E-state index contributed by atoms with van der Waals surface area (Å²) in [6, 6.07) is 4.10. The molecule has 1 saturated heterocycles. The highest BCUT2D eigenvalue weighted by Gasteiger charge is 2.35. The molecular weight excluding hydrogens is 310 g/mol. The van der Waals surface area contributed by atoms with Crippen LogP contribution in [0.2, 0.25) is 5.02 Å². The van der Waals surface area contributed by atoms with Gasteiger partial charge in [0.25, 0.3) is 5.69 Å². The molecule has 2 amide bonds. The Labute approximate surface area is 132 Å². The molecule has 1 aromatic rings. The number of amides is 2. The number of carbonyl (C=O) groups excluding carboxylic acids is 2. The third kappa shape index (κ3) is 3.36. The first-order valence-corrected chi connectivity index (χ1v) is 7.21. The number of carbonyl (C=O) groups is 2. The Hall–Kier alpha value is -2.15. The lowest BCUT2D eigenvalue weighted by Gasteiger charge is -2.20. The van der Waals surface area contributed by atoms with Crippen molar-refractivity contribution < 1.29 is 14.5 Å². The highest BCUT2D eigenvalue weighted by molar-refractivity contribution is 6.32. The molecule has 1 N–H and O–H groups in total. The number of nitro groups is 1. The number of nitro benzene ring substituents is 1. The van der Waals surface area contributed by atoms with E-state index in [1.54, 1.807) is 4.90 Å². The molecule has 118 valence electrons. The van der Waals surface area contributed by atoms with E-state index in [1.165, 1.54) is 18.2 Å². The number of anilines is 1. The minimum absolute atomic E-state index is 0.00465. The van der Waals surface area contributed by atoms with Gasteiger partial charge in [-0.2, -0.15) is 0 Å². The Morgan fingerprint density at radius 2 is 2.18 bits per heavy atom. The zero-order valence-corrected chi connectivity index (χ0v) is 13.0. The second-order valence-electron chi connectivity index (χ2n) is 5.45. The van der Waals surface area contributed by atoms with Crippen LogP contribution in [0.1, 0.15) is 20.3 Å².